The molecule has 0 saturated heterocycles. The molecule has 0 fully saturated rings. The Labute approximate surface area is 75.6 Å². The maximum absolute atomic E-state index is 10.8. The summed E-state index contributed by atoms with van der Waals surface area (Å²) in [5.74, 6) is 0. The molecule has 0 atom stereocenters. The van der Waals surface area contributed by atoms with E-state index in [0.717, 1.165) is 0 Å². The molecule has 0 spiro atoms. The molecular formula is C6H6N2O2S2. The second-order valence-electron chi connectivity index (χ2n) is 2.13. The SMILES string of the molecule is NS(=O)(=O)c1ccc(N=S)cc1. The normalized spacial score (nSPS) is 11.1. The van der Waals surface area contributed by atoms with Crippen molar-refractivity contribution in [1.82, 2.24) is 0 Å². The zero-order chi connectivity index (χ0) is 9.19. The highest BCUT2D eigenvalue weighted by atomic mass is 32.2. The number of hydrogen-bond acceptors (Lipinski definition) is 4. The Morgan fingerprint density at radius 1 is 1.25 bits per heavy atom. The van der Waals surface area contributed by atoms with Gasteiger partial charge in [0.2, 0.25) is 10.0 Å². The van der Waals surface area contributed by atoms with Crippen molar-refractivity contribution in [3.05, 3.63) is 24.3 Å². The number of nitrogens with two attached hydrogens (primary N) is 1. The van der Waals surface area contributed by atoms with Crippen molar-refractivity contribution in [3.63, 3.8) is 0 Å². The third-order valence-electron chi connectivity index (χ3n) is 1.27. The monoisotopic (exact) mass is 202 g/mol. The molecule has 12 heavy (non-hydrogen) atoms. The largest absolute Gasteiger partial charge is 0.238 e. The van der Waals surface area contributed by atoms with Gasteiger partial charge in [0.15, 0.2) is 0 Å². The fourth-order valence-corrected chi connectivity index (χ4v) is 1.33. The van der Waals surface area contributed by atoms with Crippen LogP contribution in [0.5, 0.6) is 0 Å². The summed E-state index contributed by atoms with van der Waals surface area (Å²) in [7, 11) is -3.60. The van der Waals surface area contributed by atoms with Gasteiger partial charge in [-0.3, -0.25) is 0 Å². The Hall–Kier alpha value is -0.850. The van der Waals surface area contributed by atoms with Gasteiger partial charge in [0.25, 0.3) is 0 Å². The number of nitrogens with zero attached hydrogens (tertiary/aromatic N) is 1. The molecule has 0 aliphatic heterocycles. The molecule has 0 radical (unpaired) electrons. The van der Waals surface area contributed by atoms with Crippen LogP contribution in [0.1, 0.15) is 0 Å². The first-order chi connectivity index (χ1) is 5.54. The summed E-state index contributed by atoms with van der Waals surface area (Å²) in [4.78, 5) is 0.0601. The summed E-state index contributed by atoms with van der Waals surface area (Å²) in [6.07, 6.45) is 0. The van der Waals surface area contributed by atoms with E-state index >= 15 is 0 Å². The first kappa shape index (κ1) is 9.24. The van der Waals surface area contributed by atoms with Gasteiger partial charge in [-0.25, -0.2) is 13.6 Å². The van der Waals surface area contributed by atoms with Crippen LogP contribution in [0.2, 0.25) is 0 Å². The number of sulfonamides is 1. The lowest BCUT2D eigenvalue weighted by atomic mass is 10.3. The number of rotatable bonds is 2. The Morgan fingerprint density at radius 3 is 2.08 bits per heavy atom. The van der Waals surface area contributed by atoms with Crippen LogP contribution < -0.4 is 5.14 Å². The maximum Gasteiger partial charge on any atom is 0.238 e. The van der Waals surface area contributed by atoms with Crippen molar-refractivity contribution >= 4 is 28.1 Å². The Kier molecular flexibility index (Phi) is 2.51. The van der Waals surface area contributed by atoms with Gasteiger partial charge in [0.1, 0.15) is 0 Å². The average Bonchev–Trinajstić information content (AvgIpc) is 2.03. The van der Waals surface area contributed by atoms with Crippen LogP contribution in [0.4, 0.5) is 5.69 Å². The standard InChI is InChI=1S/C6H6N2O2S2/c7-12(9,10)6-3-1-5(8-11)2-4-6/h1-4H,(H2,7,9,10). The lowest BCUT2D eigenvalue weighted by Crippen LogP contribution is -2.11. The Balaban J connectivity index is 3.17. The zero-order valence-corrected chi connectivity index (χ0v) is 7.60. The summed E-state index contributed by atoms with van der Waals surface area (Å²) < 4.78 is 24.9. The first-order valence-electron chi connectivity index (χ1n) is 3.00. The molecule has 0 aliphatic carbocycles. The summed E-state index contributed by atoms with van der Waals surface area (Å²) in [5, 5.41) is 4.86. The Morgan fingerprint density at radius 2 is 1.75 bits per heavy atom. The van der Waals surface area contributed by atoms with Crippen molar-refractivity contribution in [2.45, 2.75) is 4.90 Å². The van der Waals surface area contributed by atoms with Crippen LogP contribution in [-0.4, -0.2) is 8.42 Å². The highest BCUT2D eigenvalue weighted by Gasteiger charge is 2.05. The smallest absolute Gasteiger partial charge is 0.225 e. The van der Waals surface area contributed by atoms with E-state index in [9.17, 15) is 8.42 Å². The fourth-order valence-electron chi connectivity index (χ4n) is 0.697. The molecule has 1 rings (SSSR count). The van der Waals surface area contributed by atoms with Gasteiger partial charge >= 0.3 is 0 Å². The van der Waals surface area contributed by atoms with Crippen molar-refractivity contribution in [2.75, 3.05) is 0 Å². The molecule has 0 aliphatic rings. The molecule has 0 bridgehead atoms. The molecule has 4 nitrogen and oxygen atoms in total. The minimum Gasteiger partial charge on any atom is -0.225 e. The van der Waals surface area contributed by atoms with Crippen molar-refractivity contribution in [2.24, 2.45) is 9.50 Å². The molecular weight excluding hydrogens is 196 g/mol. The van der Waals surface area contributed by atoms with Crippen LogP contribution in [-0.2, 0) is 22.4 Å². The van der Waals surface area contributed by atoms with E-state index in [1.165, 1.54) is 24.3 Å². The predicted octanol–water partition coefficient (Wildman–Crippen LogP) is 0.696. The van der Waals surface area contributed by atoms with Crippen LogP contribution in [0.15, 0.2) is 33.5 Å². The van der Waals surface area contributed by atoms with Gasteiger partial charge in [0.05, 0.1) is 10.6 Å². The lowest BCUT2D eigenvalue weighted by Gasteiger charge is -1.96. The molecule has 64 valence electrons. The van der Waals surface area contributed by atoms with Crippen LogP contribution in [0, 0.1) is 0 Å². The van der Waals surface area contributed by atoms with Gasteiger partial charge in [-0.15, -0.1) is 0 Å². The zero-order valence-electron chi connectivity index (χ0n) is 5.97. The summed E-state index contributed by atoms with van der Waals surface area (Å²) in [5.41, 5.74) is 0.539. The highest BCUT2D eigenvalue weighted by Crippen LogP contribution is 2.14. The molecule has 0 aromatic heterocycles. The number of primary sulfonamides is 1. The van der Waals surface area contributed by atoms with Crippen LogP contribution >= 0.6 is 0 Å². The second kappa shape index (κ2) is 3.26. The Bertz CT molecular complexity index is 383. The summed E-state index contributed by atoms with van der Waals surface area (Å²) in [6.45, 7) is 0. The van der Waals surface area contributed by atoms with Gasteiger partial charge in [0, 0.05) is 12.4 Å². The molecule has 0 unspecified atom stereocenters. The van der Waals surface area contributed by atoms with Crippen LogP contribution in [0.3, 0.4) is 0 Å². The van der Waals surface area contributed by atoms with E-state index in [-0.39, 0.29) is 4.90 Å². The van der Waals surface area contributed by atoms with Crippen molar-refractivity contribution in [3.8, 4) is 0 Å². The quantitative estimate of drug-likeness (QED) is 0.767. The molecule has 0 amide bonds. The van der Waals surface area contributed by atoms with Gasteiger partial charge in [-0.2, -0.15) is 4.36 Å². The summed E-state index contributed by atoms with van der Waals surface area (Å²) >= 11 is 4.40. The van der Waals surface area contributed by atoms with Crippen LogP contribution in [0.25, 0.3) is 0 Å². The molecule has 0 saturated carbocycles. The van der Waals surface area contributed by atoms with E-state index in [2.05, 4.69) is 16.8 Å². The highest BCUT2D eigenvalue weighted by molar-refractivity contribution is 7.89. The molecule has 6 heteroatoms. The first-order valence-corrected chi connectivity index (χ1v) is 4.91. The molecule has 1 aromatic rings. The van der Waals surface area contributed by atoms with E-state index in [4.69, 9.17) is 5.14 Å². The second-order valence-corrected chi connectivity index (χ2v) is 3.87. The van der Waals surface area contributed by atoms with E-state index in [0.29, 0.717) is 5.69 Å². The topological polar surface area (TPSA) is 72.5 Å². The van der Waals surface area contributed by atoms with Gasteiger partial charge in [-0.05, 0) is 24.3 Å². The average molecular weight is 202 g/mol. The third kappa shape index (κ3) is 2.07. The lowest BCUT2D eigenvalue weighted by molar-refractivity contribution is 0.598. The third-order valence-corrected chi connectivity index (χ3v) is 2.41. The van der Waals surface area contributed by atoms with Gasteiger partial charge in [-0.1, -0.05) is 0 Å². The predicted molar refractivity (Wildman–Crippen MR) is 47.3 cm³/mol. The van der Waals surface area contributed by atoms with Gasteiger partial charge < -0.3 is 0 Å². The van der Waals surface area contributed by atoms with Crippen molar-refractivity contribution in [1.29, 1.82) is 0 Å². The number of hydrogen-bond donors (Lipinski definition) is 1. The summed E-state index contributed by atoms with van der Waals surface area (Å²) in [6, 6.07) is 5.71. The fraction of sp³-hybridized carbons (Fsp3) is 0. The van der Waals surface area contributed by atoms with E-state index < -0.39 is 10.0 Å². The molecule has 0 heterocycles. The maximum atomic E-state index is 10.8. The minimum atomic E-state index is -3.60. The minimum absolute atomic E-state index is 0.0601. The molecule has 2 N–H and O–H groups in total. The molecule has 1 aromatic carbocycles. The van der Waals surface area contributed by atoms with E-state index in [1.807, 2.05) is 0 Å². The van der Waals surface area contributed by atoms with Crippen molar-refractivity contribution < 1.29 is 8.42 Å². The van der Waals surface area contributed by atoms with E-state index in [1.54, 1.807) is 0 Å². The number of benzene rings is 1.